The van der Waals surface area contributed by atoms with Crippen LogP contribution in [0.1, 0.15) is 88.5 Å². The molecule has 0 spiro atoms. The van der Waals surface area contributed by atoms with Crippen molar-refractivity contribution in [3.8, 4) is 17.2 Å². The molecule has 3 amide bonds. The lowest BCUT2D eigenvalue weighted by Crippen LogP contribution is -2.49. The van der Waals surface area contributed by atoms with Gasteiger partial charge >= 0.3 is 0 Å². The van der Waals surface area contributed by atoms with E-state index in [1.165, 1.54) is 21.9 Å². The molecule has 1 aromatic heterocycles. The number of aromatic nitrogens is 2. The first-order chi connectivity index (χ1) is 38.2. The predicted molar refractivity (Wildman–Crippen MR) is 313 cm³/mol. The van der Waals surface area contributed by atoms with E-state index in [1.54, 1.807) is 13.2 Å². The second-order valence-corrected chi connectivity index (χ2v) is 21.0. The lowest BCUT2D eigenvalue weighted by Gasteiger charge is -2.40. The van der Waals surface area contributed by atoms with Crippen LogP contribution in [0.4, 0.5) is 40.2 Å². The van der Waals surface area contributed by atoms with Gasteiger partial charge in [0.25, 0.3) is 5.91 Å². The minimum absolute atomic E-state index is 0.00548. The maximum Gasteiger partial charge on any atom is 0.287 e. The van der Waals surface area contributed by atoms with Gasteiger partial charge in [-0.25, -0.2) is 4.98 Å². The van der Waals surface area contributed by atoms with Crippen molar-refractivity contribution in [2.24, 2.45) is 11.8 Å². The Morgan fingerprint density at radius 2 is 1.52 bits per heavy atom. The molecule has 420 valence electrons. The molecule has 0 saturated carbocycles. The normalized spacial score (nSPS) is 15.6. The van der Waals surface area contributed by atoms with Crippen LogP contribution in [0.5, 0.6) is 17.2 Å². The Kier molecular flexibility index (Phi) is 19.4. The zero-order valence-corrected chi connectivity index (χ0v) is 46.7. The molecule has 19 heteroatoms. The van der Waals surface area contributed by atoms with E-state index in [0.29, 0.717) is 71.9 Å². The van der Waals surface area contributed by atoms with Gasteiger partial charge < -0.3 is 50.5 Å². The van der Waals surface area contributed by atoms with Crippen LogP contribution >= 0.6 is 0 Å². The fraction of sp³-hybridized carbons (Fsp3) is 0.450. The Morgan fingerprint density at radius 3 is 2.18 bits per heavy atom. The number of rotatable bonds is 20. The molecule has 0 unspecified atom stereocenters. The molecular formula is C60H79N13O6. The van der Waals surface area contributed by atoms with Gasteiger partial charge in [-0.15, -0.1) is 0 Å². The van der Waals surface area contributed by atoms with Gasteiger partial charge in [-0.05, 0) is 118 Å². The molecule has 0 atom stereocenters. The van der Waals surface area contributed by atoms with E-state index in [0.717, 1.165) is 120 Å². The van der Waals surface area contributed by atoms with Gasteiger partial charge in [0.2, 0.25) is 18.3 Å². The Labute approximate surface area is 465 Å². The van der Waals surface area contributed by atoms with E-state index in [1.807, 2.05) is 95.3 Å². The van der Waals surface area contributed by atoms with Gasteiger partial charge in [-0.2, -0.15) is 4.98 Å². The number of aryl methyl sites for hydroxylation is 2. The Bertz CT molecular complexity index is 2930. The number of amides is 3. The van der Waals surface area contributed by atoms with Crippen LogP contribution in [0.2, 0.25) is 0 Å². The number of hydrogen-bond acceptors (Lipinski definition) is 15. The van der Waals surface area contributed by atoms with Crippen molar-refractivity contribution in [2.45, 2.75) is 92.2 Å². The van der Waals surface area contributed by atoms with Crippen molar-refractivity contribution < 1.29 is 29.3 Å². The SMILES string of the molecule is CCOc1cc(N2CCC(C(=O)N3CCC(CN4CCN(Cc5ccc(N(C(=N)C(=O)NC(CC)CC)C(=N)c6cc(CC)c(O)cc6O)cc5)CC4)CC3)CC2)ccc1Nc1ncc(N(C)C=O)c(Nc2ccccc2C)n1. The third-order valence-corrected chi connectivity index (χ3v) is 15.8. The summed E-state index contributed by atoms with van der Waals surface area (Å²) in [5.41, 5.74) is 6.35. The van der Waals surface area contributed by atoms with Gasteiger partial charge in [0.15, 0.2) is 11.7 Å². The number of anilines is 7. The standard InChI is InChI=1S/C60H79N13O6/c1-7-43-33-48(53(76)35-52(43)75)55(61)73(56(62)58(77)64-45(8-2)9-3)46-17-15-41(16-18-46)37-69-29-31-70(32-30-69)38-42-21-25-72(26-22-42)59(78)44-23-27-71(28-24-44)47-19-20-50(54(34-47)79-10-4)66-60-63-36-51(68(6)39-74)57(67-60)65-49-14-12-11-13-40(49)5/h11-20,33-36,39,42,44-45,61-62,75-76H,7-10,21-32,37-38H2,1-6H3,(H,64,77)(H2,63,65,66,67). The number of phenols is 2. The van der Waals surface area contributed by atoms with Crippen LogP contribution in [0.3, 0.4) is 0 Å². The molecule has 5 aromatic rings. The third kappa shape index (κ3) is 14.1. The number of aromatic hydroxyl groups is 2. The quantitative estimate of drug-likeness (QED) is 0.0220. The average molecular weight is 1080 g/mol. The summed E-state index contributed by atoms with van der Waals surface area (Å²) in [4.78, 5) is 60.5. The Morgan fingerprint density at radius 1 is 0.823 bits per heavy atom. The third-order valence-electron chi connectivity index (χ3n) is 15.8. The monoisotopic (exact) mass is 1080 g/mol. The number of amidine groups is 2. The topological polar surface area (TPSA) is 230 Å². The molecule has 8 rings (SSSR count). The first-order valence-corrected chi connectivity index (χ1v) is 28.0. The number of carbonyl (C=O) groups excluding carboxylic acids is 3. The molecule has 0 aliphatic carbocycles. The molecule has 4 heterocycles. The molecule has 4 aromatic carbocycles. The summed E-state index contributed by atoms with van der Waals surface area (Å²) in [5.74, 6) is 0.656. The van der Waals surface area contributed by atoms with Crippen LogP contribution < -0.4 is 35.4 Å². The number of nitrogens with one attached hydrogen (secondary N) is 5. The number of hydrogen-bond donors (Lipinski definition) is 7. The molecule has 0 bridgehead atoms. The predicted octanol–water partition coefficient (Wildman–Crippen LogP) is 8.62. The summed E-state index contributed by atoms with van der Waals surface area (Å²) in [7, 11) is 1.66. The lowest BCUT2D eigenvalue weighted by molar-refractivity contribution is -0.137. The molecule has 3 aliphatic rings. The molecule has 3 saturated heterocycles. The minimum atomic E-state index is -0.613. The number of piperidine rings is 2. The highest BCUT2D eigenvalue weighted by atomic mass is 16.5. The minimum Gasteiger partial charge on any atom is -0.508 e. The van der Waals surface area contributed by atoms with Crippen LogP contribution in [-0.2, 0) is 27.3 Å². The number of nitrogens with zero attached hydrogens (tertiary/aromatic N) is 8. The van der Waals surface area contributed by atoms with Crippen molar-refractivity contribution in [1.82, 2.24) is 30.0 Å². The van der Waals surface area contributed by atoms with Crippen molar-refractivity contribution in [3.63, 3.8) is 0 Å². The number of likely N-dealkylation sites (tertiary alicyclic amines) is 1. The average Bonchev–Trinajstić information content (AvgIpc) is 3.51. The summed E-state index contributed by atoms with van der Waals surface area (Å²) in [5, 5.41) is 48.9. The number of para-hydroxylation sites is 1. The fourth-order valence-electron chi connectivity index (χ4n) is 10.8. The Balaban J connectivity index is 0.792. The van der Waals surface area contributed by atoms with Gasteiger partial charge in [0.05, 0.1) is 24.1 Å². The maximum absolute atomic E-state index is 13.9. The first-order valence-electron chi connectivity index (χ1n) is 28.0. The van der Waals surface area contributed by atoms with Crippen molar-refractivity contribution in [2.75, 3.05) is 97.9 Å². The smallest absolute Gasteiger partial charge is 0.287 e. The zero-order chi connectivity index (χ0) is 56.2. The number of phenolic OH excluding ortho intramolecular Hbond substituents is 2. The zero-order valence-electron chi connectivity index (χ0n) is 46.7. The summed E-state index contributed by atoms with van der Waals surface area (Å²) in [6.07, 6.45) is 7.80. The van der Waals surface area contributed by atoms with Gasteiger partial charge in [0, 0.05) is 114 Å². The number of benzene rings is 4. The highest BCUT2D eigenvalue weighted by Gasteiger charge is 2.33. The van der Waals surface area contributed by atoms with Crippen molar-refractivity contribution in [1.29, 1.82) is 10.8 Å². The molecule has 79 heavy (non-hydrogen) atoms. The fourth-order valence-corrected chi connectivity index (χ4v) is 10.8. The molecule has 19 nitrogen and oxygen atoms in total. The number of carbonyl (C=O) groups is 3. The van der Waals surface area contributed by atoms with E-state index >= 15 is 0 Å². The molecule has 3 aliphatic heterocycles. The van der Waals surface area contributed by atoms with E-state index in [9.17, 15) is 30.0 Å². The molecule has 7 N–H and O–H groups in total. The number of ether oxygens (including phenoxy) is 1. The van der Waals surface area contributed by atoms with Crippen molar-refractivity contribution >= 4 is 70.1 Å². The lowest BCUT2D eigenvalue weighted by atomic mass is 9.91. The highest BCUT2D eigenvalue weighted by Crippen LogP contribution is 2.36. The number of piperazine rings is 1. The van der Waals surface area contributed by atoms with Crippen molar-refractivity contribution in [3.05, 3.63) is 107 Å². The van der Waals surface area contributed by atoms with Crippen LogP contribution in [-0.4, -0.2) is 143 Å². The summed E-state index contributed by atoms with van der Waals surface area (Å²) < 4.78 is 6.13. The second-order valence-electron chi connectivity index (χ2n) is 21.0. The molecule has 3 fully saturated rings. The Hall–Kier alpha value is -7.77. The van der Waals surface area contributed by atoms with Gasteiger partial charge in [0.1, 0.15) is 28.8 Å². The van der Waals surface area contributed by atoms with E-state index < -0.39 is 11.7 Å². The highest BCUT2D eigenvalue weighted by molar-refractivity contribution is 6.48. The van der Waals surface area contributed by atoms with E-state index in [4.69, 9.17) is 15.1 Å². The van der Waals surface area contributed by atoms with Crippen LogP contribution in [0.15, 0.2) is 85.1 Å². The van der Waals surface area contributed by atoms with Crippen LogP contribution in [0.25, 0.3) is 0 Å². The summed E-state index contributed by atoms with van der Waals surface area (Å²) in [6.45, 7) is 18.9. The largest absolute Gasteiger partial charge is 0.508 e. The summed E-state index contributed by atoms with van der Waals surface area (Å²) >= 11 is 0. The molecule has 0 radical (unpaired) electrons. The second kappa shape index (κ2) is 26.7. The molecular weight excluding hydrogens is 999 g/mol. The van der Waals surface area contributed by atoms with Crippen LogP contribution in [0, 0.1) is 29.6 Å². The maximum atomic E-state index is 13.9. The summed E-state index contributed by atoms with van der Waals surface area (Å²) in [6, 6.07) is 24.1. The van der Waals surface area contributed by atoms with E-state index in [2.05, 4.69) is 46.6 Å². The van der Waals surface area contributed by atoms with Gasteiger partial charge in [-0.3, -0.25) is 35.0 Å². The first kappa shape index (κ1) is 57.4. The van der Waals surface area contributed by atoms with Gasteiger partial charge in [-0.1, -0.05) is 51.1 Å². The van der Waals surface area contributed by atoms with E-state index in [-0.39, 0.29) is 40.8 Å².